The molecule has 0 atom stereocenters. The molecule has 116 valence electrons. The van der Waals surface area contributed by atoms with Gasteiger partial charge in [0.2, 0.25) is 15.9 Å². The van der Waals surface area contributed by atoms with Crippen molar-refractivity contribution in [1.29, 1.82) is 0 Å². The molecular formula is C15H22N2O3S. The molecular weight excluding hydrogens is 288 g/mol. The Hall–Kier alpha value is -1.40. The Morgan fingerprint density at radius 1 is 1.29 bits per heavy atom. The molecule has 1 aromatic carbocycles. The van der Waals surface area contributed by atoms with Gasteiger partial charge in [-0.3, -0.25) is 4.79 Å². The van der Waals surface area contributed by atoms with Gasteiger partial charge >= 0.3 is 0 Å². The summed E-state index contributed by atoms with van der Waals surface area (Å²) in [6.07, 6.45) is 1.95. The van der Waals surface area contributed by atoms with E-state index in [1.807, 2.05) is 31.2 Å². The van der Waals surface area contributed by atoms with Crippen molar-refractivity contribution in [3.8, 4) is 0 Å². The van der Waals surface area contributed by atoms with Gasteiger partial charge in [0.25, 0.3) is 0 Å². The summed E-state index contributed by atoms with van der Waals surface area (Å²) in [5.74, 6) is -0.123. The van der Waals surface area contributed by atoms with Gasteiger partial charge in [-0.05, 0) is 24.0 Å². The highest BCUT2D eigenvalue weighted by Crippen LogP contribution is 2.20. The smallest absolute Gasteiger partial charge is 0.220 e. The monoisotopic (exact) mass is 310 g/mol. The minimum Gasteiger partial charge on any atom is -0.355 e. The van der Waals surface area contributed by atoms with Gasteiger partial charge in [0.1, 0.15) is 0 Å². The van der Waals surface area contributed by atoms with E-state index in [2.05, 4.69) is 5.32 Å². The number of carbonyl (C=O) groups excluding carboxylic acids is 1. The predicted molar refractivity (Wildman–Crippen MR) is 82.3 cm³/mol. The minimum absolute atomic E-state index is 0.0371. The van der Waals surface area contributed by atoms with E-state index in [0.717, 1.165) is 18.4 Å². The first-order valence-electron chi connectivity index (χ1n) is 7.34. The Morgan fingerprint density at radius 3 is 2.71 bits per heavy atom. The molecule has 0 radical (unpaired) electrons. The number of carbonyl (C=O) groups is 1. The summed E-state index contributed by atoms with van der Waals surface area (Å²) in [5.41, 5.74) is 2.29. The number of hydrogen-bond donors (Lipinski definition) is 1. The fourth-order valence-corrected chi connectivity index (χ4v) is 3.79. The maximum atomic E-state index is 12.3. The molecule has 1 heterocycles. The van der Waals surface area contributed by atoms with Gasteiger partial charge < -0.3 is 5.32 Å². The van der Waals surface area contributed by atoms with Gasteiger partial charge in [0.15, 0.2) is 0 Å². The Labute approximate surface area is 126 Å². The van der Waals surface area contributed by atoms with E-state index in [0.29, 0.717) is 19.5 Å². The Bertz CT molecular complexity index is 599. The zero-order chi connectivity index (χ0) is 15.3. The van der Waals surface area contributed by atoms with Crippen LogP contribution in [0, 0.1) is 0 Å². The second-order valence-corrected chi connectivity index (χ2v) is 7.36. The quantitative estimate of drug-likeness (QED) is 0.861. The lowest BCUT2D eigenvalue weighted by molar-refractivity contribution is -0.120. The standard InChI is InChI=1S/C15H22N2O3S/c1-2-5-15(18)16-9-11-21(19,20)17-10-8-13-6-3-4-7-14(13)12-17/h3-4,6-7H,2,5,8-12H2,1H3,(H,16,18). The second kappa shape index (κ2) is 7.04. The molecule has 0 aromatic heterocycles. The fourth-order valence-electron chi connectivity index (χ4n) is 2.47. The molecule has 0 aliphatic carbocycles. The minimum atomic E-state index is -3.32. The van der Waals surface area contributed by atoms with Gasteiger partial charge in [-0.15, -0.1) is 0 Å². The number of fused-ring (bicyclic) bond motifs is 1. The van der Waals surface area contributed by atoms with Crippen molar-refractivity contribution < 1.29 is 13.2 Å². The first-order chi connectivity index (χ1) is 10.0. The summed E-state index contributed by atoms with van der Waals surface area (Å²) < 4.78 is 26.1. The van der Waals surface area contributed by atoms with Gasteiger partial charge in [0, 0.05) is 26.1 Å². The summed E-state index contributed by atoms with van der Waals surface area (Å²) in [4.78, 5) is 11.3. The molecule has 1 N–H and O–H groups in total. The van der Waals surface area contributed by atoms with Crippen LogP contribution in [0.2, 0.25) is 0 Å². The first kappa shape index (κ1) is 16.0. The third-order valence-electron chi connectivity index (χ3n) is 3.65. The van der Waals surface area contributed by atoms with E-state index in [-0.39, 0.29) is 18.2 Å². The lowest BCUT2D eigenvalue weighted by Gasteiger charge is -2.28. The predicted octanol–water partition coefficient (Wildman–Crippen LogP) is 1.29. The van der Waals surface area contributed by atoms with E-state index in [4.69, 9.17) is 0 Å². The number of hydrogen-bond acceptors (Lipinski definition) is 3. The number of sulfonamides is 1. The summed E-state index contributed by atoms with van der Waals surface area (Å²) in [6, 6.07) is 7.93. The second-order valence-electron chi connectivity index (χ2n) is 5.27. The van der Waals surface area contributed by atoms with Crippen LogP contribution in [-0.4, -0.2) is 37.5 Å². The molecule has 1 aliphatic rings. The van der Waals surface area contributed by atoms with Crippen molar-refractivity contribution in [3.05, 3.63) is 35.4 Å². The molecule has 2 rings (SSSR count). The van der Waals surface area contributed by atoms with Crippen molar-refractivity contribution in [2.45, 2.75) is 32.7 Å². The molecule has 0 fully saturated rings. The average molecular weight is 310 g/mol. The van der Waals surface area contributed by atoms with E-state index in [9.17, 15) is 13.2 Å². The maximum Gasteiger partial charge on any atom is 0.220 e. The number of amides is 1. The fraction of sp³-hybridized carbons (Fsp3) is 0.533. The molecule has 1 amide bonds. The van der Waals surface area contributed by atoms with E-state index in [1.54, 1.807) is 0 Å². The van der Waals surface area contributed by atoms with Crippen LogP contribution in [-0.2, 0) is 27.8 Å². The molecule has 0 unspecified atom stereocenters. The molecule has 5 nitrogen and oxygen atoms in total. The normalized spacial score (nSPS) is 15.5. The molecule has 21 heavy (non-hydrogen) atoms. The molecule has 0 bridgehead atoms. The van der Waals surface area contributed by atoms with Crippen molar-refractivity contribution in [2.75, 3.05) is 18.8 Å². The number of rotatable bonds is 6. The van der Waals surface area contributed by atoms with Crippen LogP contribution in [0.3, 0.4) is 0 Å². The molecule has 0 saturated heterocycles. The van der Waals surface area contributed by atoms with Crippen LogP contribution in [0.4, 0.5) is 0 Å². The molecule has 6 heteroatoms. The topological polar surface area (TPSA) is 66.5 Å². The summed E-state index contributed by atoms with van der Waals surface area (Å²) in [5, 5.41) is 2.65. The molecule has 1 aliphatic heterocycles. The van der Waals surface area contributed by atoms with Gasteiger partial charge in [0.05, 0.1) is 5.75 Å². The van der Waals surface area contributed by atoms with E-state index < -0.39 is 10.0 Å². The van der Waals surface area contributed by atoms with Crippen LogP contribution in [0.1, 0.15) is 30.9 Å². The molecule has 0 spiro atoms. The Balaban J connectivity index is 1.91. The van der Waals surface area contributed by atoms with Crippen molar-refractivity contribution in [3.63, 3.8) is 0 Å². The van der Waals surface area contributed by atoms with Crippen LogP contribution < -0.4 is 5.32 Å². The largest absolute Gasteiger partial charge is 0.355 e. The van der Waals surface area contributed by atoms with Crippen LogP contribution in [0.15, 0.2) is 24.3 Å². The van der Waals surface area contributed by atoms with Crippen molar-refractivity contribution in [2.24, 2.45) is 0 Å². The van der Waals surface area contributed by atoms with E-state index >= 15 is 0 Å². The number of nitrogens with zero attached hydrogens (tertiary/aromatic N) is 1. The number of benzene rings is 1. The highest BCUT2D eigenvalue weighted by molar-refractivity contribution is 7.89. The Morgan fingerprint density at radius 2 is 2.00 bits per heavy atom. The number of nitrogens with one attached hydrogen (secondary N) is 1. The third-order valence-corrected chi connectivity index (χ3v) is 5.47. The van der Waals surface area contributed by atoms with E-state index in [1.165, 1.54) is 9.87 Å². The van der Waals surface area contributed by atoms with Gasteiger partial charge in [-0.25, -0.2) is 8.42 Å². The lowest BCUT2D eigenvalue weighted by atomic mass is 10.0. The maximum absolute atomic E-state index is 12.3. The summed E-state index contributed by atoms with van der Waals surface area (Å²) in [6.45, 7) is 3.05. The molecule has 0 saturated carbocycles. The highest BCUT2D eigenvalue weighted by Gasteiger charge is 2.26. The van der Waals surface area contributed by atoms with Crippen molar-refractivity contribution >= 4 is 15.9 Å². The highest BCUT2D eigenvalue weighted by atomic mass is 32.2. The first-order valence-corrected chi connectivity index (χ1v) is 8.95. The average Bonchev–Trinajstić information content (AvgIpc) is 2.47. The summed E-state index contributed by atoms with van der Waals surface area (Å²) in [7, 11) is -3.32. The van der Waals surface area contributed by atoms with Crippen LogP contribution in [0.5, 0.6) is 0 Å². The lowest BCUT2D eigenvalue weighted by Crippen LogP contribution is -2.40. The van der Waals surface area contributed by atoms with Gasteiger partial charge in [-0.2, -0.15) is 4.31 Å². The van der Waals surface area contributed by atoms with Gasteiger partial charge in [-0.1, -0.05) is 31.2 Å². The molecule has 1 aromatic rings. The van der Waals surface area contributed by atoms with Crippen LogP contribution in [0.25, 0.3) is 0 Å². The van der Waals surface area contributed by atoms with Crippen molar-refractivity contribution in [1.82, 2.24) is 9.62 Å². The summed E-state index contributed by atoms with van der Waals surface area (Å²) >= 11 is 0. The third kappa shape index (κ3) is 4.28. The SMILES string of the molecule is CCCC(=O)NCCS(=O)(=O)N1CCc2ccccc2C1. The van der Waals surface area contributed by atoms with Crippen LogP contribution >= 0.6 is 0 Å². The Kier molecular flexibility index (Phi) is 5.36. The zero-order valence-electron chi connectivity index (χ0n) is 12.3. The zero-order valence-corrected chi connectivity index (χ0v) is 13.2.